The second-order valence-corrected chi connectivity index (χ2v) is 3.96. The second kappa shape index (κ2) is 5.25. The average Bonchev–Trinajstić information content (AvgIpc) is 2.27. The van der Waals surface area contributed by atoms with Gasteiger partial charge in [0.2, 0.25) is 0 Å². The maximum absolute atomic E-state index is 11.1. The minimum absolute atomic E-state index is 0.580. The highest BCUT2D eigenvalue weighted by atomic mass is 79.9. The van der Waals surface area contributed by atoms with Crippen molar-refractivity contribution in [1.29, 1.82) is 0 Å². The SMILES string of the molecule is COC(=O)[C@@H](N)[C@@H](O)c1ccc(Br)cc1. The first kappa shape index (κ1) is 12.2. The number of halogens is 1. The Balaban J connectivity index is 2.80. The van der Waals surface area contributed by atoms with Gasteiger partial charge in [0.1, 0.15) is 12.1 Å². The molecule has 3 N–H and O–H groups in total. The Morgan fingerprint density at radius 1 is 1.47 bits per heavy atom. The predicted molar refractivity (Wildman–Crippen MR) is 59.1 cm³/mol. The van der Waals surface area contributed by atoms with Gasteiger partial charge in [-0.05, 0) is 17.7 Å². The maximum Gasteiger partial charge on any atom is 0.325 e. The fraction of sp³-hybridized carbons (Fsp3) is 0.300. The molecule has 0 spiro atoms. The lowest BCUT2D eigenvalue weighted by molar-refractivity contribution is -0.145. The number of esters is 1. The highest BCUT2D eigenvalue weighted by Gasteiger charge is 2.24. The zero-order valence-corrected chi connectivity index (χ0v) is 9.77. The molecule has 1 aromatic rings. The quantitative estimate of drug-likeness (QED) is 0.806. The molecule has 5 heteroatoms. The van der Waals surface area contributed by atoms with Gasteiger partial charge in [0, 0.05) is 4.47 Å². The maximum atomic E-state index is 11.1. The molecule has 0 saturated carbocycles. The number of benzene rings is 1. The van der Waals surface area contributed by atoms with Crippen LogP contribution in [-0.2, 0) is 9.53 Å². The van der Waals surface area contributed by atoms with Gasteiger partial charge in [0.15, 0.2) is 0 Å². The van der Waals surface area contributed by atoms with E-state index in [9.17, 15) is 9.90 Å². The summed E-state index contributed by atoms with van der Waals surface area (Å²) in [7, 11) is 1.23. The smallest absolute Gasteiger partial charge is 0.325 e. The number of ether oxygens (including phenoxy) is 1. The lowest BCUT2D eigenvalue weighted by Gasteiger charge is -2.16. The minimum Gasteiger partial charge on any atom is -0.468 e. The van der Waals surface area contributed by atoms with E-state index in [-0.39, 0.29) is 0 Å². The Morgan fingerprint density at radius 2 is 2.00 bits per heavy atom. The Hall–Kier alpha value is -0.910. The van der Waals surface area contributed by atoms with Gasteiger partial charge in [-0.3, -0.25) is 4.79 Å². The Kier molecular flexibility index (Phi) is 4.26. The first-order valence-corrected chi connectivity index (χ1v) is 5.12. The molecule has 0 bridgehead atoms. The van der Waals surface area contributed by atoms with Crippen molar-refractivity contribution in [1.82, 2.24) is 0 Å². The van der Waals surface area contributed by atoms with Crippen LogP contribution in [0.4, 0.5) is 0 Å². The number of aliphatic hydroxyl groups is 1. The fourth-order valence-corrected chi connectivity index (χ4v) is 1.40. The number of carbonyl (C=O) groups is 1. The molecule has 15 heavy (non-hydrogen) atoms. The van der Waals surface area contributed by atoms with Gasteiger partial charge in [0.05, 0.1) is 7.11 Å². The number of nitrogens with two attached hydrogens (primary N) is 1. The van der Waals surface area contributed by atoms with E-state index in [4.69, 9.17) is 5.73 Å². The molecular weight excluding hydrogens is 262 g/mol. The highest BCUT2D eigenvalue weighted by Crippen LogP contribution is 2.19. The summed E-state index contributed by atoms with van der Waals surface area (Å²) < 4.78 is 5.34. The van der Waals surface area contributed by atoms with Crippen LogP contribution in [0.15, 0.2) is 28.7 Å². The molecule has 0 aliphatic carbocycles. The van der Waals surface area contributed by atoms with Gasteiger partial charge >= 0.3 is 5.97 Å². The Labute approximate surface area is 96.2 Å². The van der Waals surface area contributed by atoms with E-state index in [0.717, 1.165) is 4.47 Å². The molecule has 0 saturated heterocycles. The first-order chi connectivity index (χ1) is 7.06. The van der Waals surface area contributed by atoms with Gasteiger partial charge < -0.3 is 15.6 Å². The van der Waals surface area contributed by atoms with Gasteiger partial charge in [-0.15, -0.1) is 0 Å². The number of hydrogen-bond acceptors (Lipinski definition) is 4. The molecule has 2 atom stereocenters. The molecule has 0 radical (unpaired) electrons. The summed E-state index contributed by atoms with van der Waals surface area (Å²) in [4.78, 5) is 11.1. The standard InChI is InChI=1S/C10H12BrNO3/c1-15-10(14)8(12)9(13)6-2-4-7(11)5-3-6/h2-5,8-9,13H,12H2,1H3/t8-,9-/m0/s1. The van der Waals surface area contributed by atoms with Crippen LogP contribution >= 0.6 is 15.9 Å². The van der Waals surface area contributed by atoms with Crippen molar-refractivity contribution in [2.24, 2.45) is 5.73 Å². The molecule has 0 unspecified atom stereocenters. The van der Waals surface area contributed by atoms with Gasteiger partial charge in [-0.1, -0.05) is 28.1 Å². The first-order valence-electron chi connectivity index (χ1n) is 4.33. The third kappa shape index (κ3) is 3.02. The second-order valence-electron chi connectivity index (χ2n) is 3.05. The Bertz CT molecular complexity index is 339. The molecule has 1 rings (SSSR count). The van der Waals surface area contributed by atoms with Crippen molar-refractivity contribution in [3.63, 3.8) is 0 Å². The van der Waals surface area contributed by atoms with E-state index in [1.54, 1.807) is 24.3 Å². The normalized spacial score (nSPS) is 14.4. The molecule has 0 aliphatic rings. The molecular formula is C10H12BrNO3. The van der Waals surface area contributed by atoms with E-state index >= 15 is 0 Å². The number of aliphatic hydroxyl groups excluding tert-OH is 1. The third-order valence-electron chi connectivity index (χ3n) is 2.03. The van der Waals surface area contributed by atoms with Crippen LogP contribution in [0.25, 0.3) is 0 Å². The summed E-state index contributed by atoms with van der Waals surface area (Å²) in [6.07, 6.45) is -1.05. The van der Waals surface area contributed by atoms with Crippen molar-refractivity contribution < 1.29 is 14.6 Å². The summed E-state index contributed by atoms with van der Waals surface area (Å²) in [5.41, 5.74) is 6.08. The number of carbonyl (C=O) groups excluding carboxylic acids is 1. The van der Waals surface area contributed by atoms with Crippen molar-refractivity contribution in [3.8, 4) is 0 Å². The van der Waals surface area contributed by atoms with Gasteiger partial charge in [-0.25, -0.2) is 0 Å². The average molecular weight is 274 g/mol. The monoisotopic (exact) mass is 273 g/mol. The van der Waals surface area contributed by atoms with Crippen LogP contribution < -0.4 is 5.73 Å². The number of rotatable bonds is 3. The van der Waals surface area contributed by atoms with E-state index in [1.807, 2.05) is 0 Å². The van der Waals surface area contributed by atoms with Crippen LogP contribution in [0.5, 0.6) is 0 Å². The molecule has 0 amide bonds. The number of hydrogen-bond donors (Lipinski definition) is 2. The van der Waals surface area contributed by atoms with Crippen LogP contribution in [0.3, 0.4) is 0 Å². The van der Waals surface area contributed by atoms with Crippen molar-refractivity contribution in [2.45, 2.75) is 12.1 Å². The van der Waals surface area contributed by atoms with E-state index in [2.05, 4.69) is 20.7 Å². The summed E-state index contributed by atoms with van der Waals surface area (Å²) in [6.45, 7) is 0. The third-order valence-corrected chi connectivity index (χ3v) is 2.55. The largest absolute Gasteiger partial charge is 0.468 e. The number of methoxy groups -OCH3 is 1. The summed E-state index contributed by atoms with van der Waals surface area (Å²) >= 11 is 3.27. The molecule has 4 nitrogen and oxygen atoms in total. The molecule has 82 valence electrons. The minimum atomic E-state index is -1.06. The van der Waals surface area contributed by atoms with E-state index in [1.165, 1.54) is 7.11 Å². The topological polar surface area (TPSA) is 72.5 Å². The van der Waals surface area contributed by atoms with Crippen LogP contribution in [0.1, 0.15) is 11.7 Å². The van der Waals surface area contributed by atoms with Crippen molar-refractivity contribution in [3.05, 3.63) is 34.3 Å². The summed E-state index contributed by atoms with van der Waals surface area (Å²) in [5.74, 6) is -0.634. The zero-order valence-electron chi connectivity index (χ0n) is 8.18. The lowest BCUT2D eigenvalue weighted by Crippen LogP contribution is -2.37. The molecule has 1 aromatic carbocycles. The van der Waals surface area contributed by atoms with Gasteiger partial charge in [-0.2, -0.15) is 0 Å². The van der Waals surface area contributed by atoms with E-state index < -0.39 is 18.1 Å². The van der Waals surface area contributed by atoms with Crippen molar-refractivity contribution in [2.75, 3.05) is 7.11 Å². The molecule has 0 fully saturated rings. The van der Waals surface area contributed by atoms with Crippen LogP contribution in [-0.4, -0.2) is 24.2 Å². The molecule has 0 heterocycles. The molecule has 0 aliphatic heterocycles. The highest BCUT2D eigenvalue weighted by molar-refractivity contribution is 9.10. The summed E-state index contributed by atoms with van der Waals surface area (Å²) in [6, 6.07) is 5.86. The van der Waals surface area contributed by atoms with Crippen molar-refractivity contribution >= 4 is 21.9 Å². The summed E-state index contributed by atoms with van der Waals surface area (Å²) in [5, 5.41) is 9.74. The lowest BCUT2D eigenvalue weighted by atomic mass is 10.0. The molecule has 0 aromatic heterocycles. The van der Waals surface area contributed by atoms with E-state index in [0.29, 0.717) is 5.56 Å². The Morgan fingerprint density at radius 3 is 2.47 bits per heavy atom. The predicted octanol–water partition coefficient (Wildman–Crippen LogP) is 0.983. The zero-order chi connectivity index (χ0) is 11.4. The fourth-order valence-electron chi connectivity index (χ4n) is 1.13. The van der Waals surface area contributed by atoms with Gasteiger partial charge in [0.25, 0.3) is 0 Å². The van der Waals surface area contributed by atoms with Crippen LogP contribution in [0.2, 0.25) is 0 Å². The van der Waals surface area contributed by atoms with Crippen LogP contribution in [0, 0.1) is 0 Å².